The molecule has 1 aliphatic rings. The zero-order valence-electron chi connectivity index (χ0n) is 19.7. The first kappa shape index (κ1) is 23.3. The Morgan fingerprint density at radius 3 is 2.74 bits per heavy atom. The molecule has 0 atom stereocenters. The molecule has 3 amide bonds. The highest BCUT2D eigenvalue weighted by atomic mass is 35.5. The van der Waals surface area contributed by atoms with Crippen molar-refractivity contribution in [3.8, 4) is 17.1 Å². The third-order valence-electron chi connectivity index (χ3n) is 5.55. The molecule has 5 rings (SSSR count). The maximum Gasteiger partial charge on any atom is 0.322 e. The average Bonchev–Trinajstić information content (AvgIpc) is 3.22. The summed E-state index contributed by atoms with van der Waals surface area (Å²) in [5.41, 5.74) is 2.36. The Morgan fingerprint density at radius 2 is 2.06 bits per heavy atom. The molecule has 1 aliphatic carbocycles. The molecule has 0 bridgehead atoms. The Kier molecular flexibility index (Phi) is 5.76. The van der Waals surface area contributed by atoms with E-state index in [1.807, 2.05) is 37.5 Å². The van der Waals surface area contributed by atoms with Gasteiger partial charge in [0, 0.05) is 29.8 Å². The molecule has 0 saturated heterocycles. The molecule has 1 fully saturated rings. The Balaban J connectivity index is 1.43. The number of aromatic amines is 1. The van der Waals surface area contributed by atoms with Gasteiger partial charge in [0.05, 0.1) is 16.9 Å². The van der Waals surface area contributed by atoms with Crippen LogP contribution in [0.15, 0.2) is 30.7 Å². The lowest BCUT2D eigenvalue weighted by Gasteiger charge is -2.26. The number of nitrogens with zero attached hydrogens (tertiary/aromatic N) is 5. The molecule has 10 nitrogen and oxygen atoms in total. The molecular formula is C23H25ClN8O2S. The topological polar surface area (TPSA) is 121 Å². The number of nitrogens with one attached hydrogen (secondary N) is 3. The lowest BCUT2D eigenvalue weighted by molar-refractivity contribution is -0.117. The van der Waals surface area contributed by atoms with E-state index < -0.39 is 0 Å². The van der Waals surface area contributed by atoms with Crippen LogP contribution < -0.4 is 15.5 Å². The number of halogens is 1. The van der Waals surface area contributed by atoms with Crippen LogP contribution in [0, 0.1) is 5.92 Å². The van der Waals surface area contributed by atoms with Gasteiger partial charge in [-0.15, -0.1) is 0 Å². The molecule has 4 aromatic rings. The average molecular weight is 513 g/mol. The fourth-order valence-corrected chi connectivity index (χ4v) is 4.76. The van der Waals surface area contributed by atoms with E-state index in [0.717, 1.165) is 28.8 Å². The quantitative estimate of drug-likeness (QED) is 0.354. The van der Waals surface area contributed by atoms with Crippen molar-refractivity contribution in [3.63, 3.8) is 0 Å². The second kappa shape index (κ2) is 8.65. The predicted molar refractivity (Wildman–Crippen MR) is 137 cm³/mol. The number of carbonyl (C=O) groups excluding carboxylic acids is 2. The summed E-state index contributed by atoms with van der Waals surface area (Å²) < 4.78 is 2.61. The first-order valence-corrected chi connectivity index (χ1v) is 12.3. The van der Waals surface area contributed by atoms with E-state index in [-0.39, 0.29) is 23.4 Å². The van der Waals surface area contributed by atoms with Crippen molar-refractivity contribution in [3.05, 3.63) is 35.7 Å². The van der Waals surface area contributed by atoms with Gasteiger partial charge in [0.2, 0.25) is 5.91 Å². The van der Waals surface area contributed by atoms with Gasteiger partial charge < -0.3 is 10.6 Å². The molecule has 0 spiro atoms. The number of hydrogen-bond acceptors (Lipinski definition) is 6. The maximum absolute atomic E-state index is 12.5. The lowest BCUT2D eigenvalue weighted by atomic mass is 10.1. The van der Waals surface area contributed by atoms with E-state index >= 15 is 0 Å². The summed E-state index contributed by atoms with van der Waals surface area (Å²) >= 11 is 8.02. The molecule has 1 aromatic carbocycles. The fourth-order valence-electron chi connectivity index (χ4n) is 3.58. The Bertz CT molecular complexity index is 1430. The van der Waals surface area contributed by atoms with E-state index in [1.54, 1.807) is 25.6 Å². The van der Waals surface area contributed by atoms with Gasteiger partial charge in [0.25, 0.3) is 0 Å². The highest BCUT2D eigenvalue weighted by Crippen LogP contribution is 2.36. The summed E-state index contributed by atoms with van der Waals surface area (Å²) in [4.78, 5) is 34.9. The summed E-state index contributed by atoms with van der Waals surface area (Å²) in [6, 6.07) is 5.21. The van der Waals surface area contributed by atoms with Crippen molar-refractivity contribution >= 4 is 56.0 Å². The molecule has 0 radical (unpaired) electrons. The van der Waals surface area contributed by atoms with Gasteiger partial charge in [-0.3, -0.25) is 19.4 Å². The third kappa shape index (κ3) is 4.73. The Labute approximate surface area is 210 Å². The van der Waals surface area contributed by atoms with Gasteiger partial charge in [0.15, 0.2) is 16.6 Å². The molecule has 1 saturated carbocycles. The molecular weight excluding hydrogens is 488 g/mol. The van der Waals surface area contributed by atoms with Crippen LogP contribution in [0.5, 0.6) is 0 Å². The van der Waals surface area contributed by atoms with Gasteiger partial charge in [-0.05, 0) is 51.8 Å². The Hall–Kier alpha value is -3.44. The van der Waals surface area contributed by atoms with Crippen molar-refractivity contribution in [2.24, 2.45) is 5.92 Å². The summed E-state index contributed by atoms with van der Waals surface area (Å²) in [5.74, 6) is 0.713. The number of anilines is 2. The molecule has 182 valence electrons. The number of rotatable bonds is 5. The van der Waals surface area contributed by atoms with Crippen LogP contribution in [-0.4, -0.2) is 49.3 Å². The van der Waals surface area contributed by atoms with Gasteiger partial charge >= 0.3 is 6.03 Å². The molecule has 3 heterocycles. The minimum atomic E-state index is -0.353. The number of H-pyrrole nitrogens is 1. The minimum Gasteiger partial charge on any atom is -0.333 e. The number of urea groups is 1. The molecule has 35 heavy (non-hydrogen) atoms. The van der Waals surface area contributed by atoms with Crippen molar-refractivity contribution in [2.75, 3.05) is 17.3 Å². The van der Waals surface area contributed by atoms with Crippen LogP contribution in [0.4, 0.5) is 15.6 Å². The third-order valence-corrected chi connectivity index (χ3v) is 6.82. The first-order chi connectivity index (χ1) is 16.6. The first-order valence-electron chi connectivity index (χ1n) is 11.1. The number of imidazole rings is 1. The summed E-state index contributed by atoms with van der Waals surface area (Å²) in [7, 11) is 1.69. The van der Waals surface area contributed by atoms with Gasteiger partial charge in [-0.2, -0.15) is 5.10 Å². The largest absolute Gasteiger partial charge is 0.333 e. The highest BCUT2D eigenvalue weighted by molar-refractivity contribution is 7.22. The monoisotopic (exact) mass is 512 g/mol. The number of amides is 3. The van der Waals surface area contributed by atoms with E-state index in [2.05, 4.69) is 30.8 Å². The second-order valence-corrected chi connectivity index (χ2v) is 11.0. The van der Waals surface area contributed by atoms with Crippen LogP contribution in [0.2, 0.25) is 5.02 Å². The molecule has 3 aromatic heterocycles. The van der Waals surface area contributed by atoms with Crippen LogP contribution in [-0.2, 0) is 4.79 Å². The summed E-state index contributed by atoms with van der Waals surface area (Å²) in [6.07, 6.45) is 5.21. The van der Waals surface area contributed by atoms with Gasteiger partial charge in [-0.25, -0.2) is 14.8 Å². The number of hydrogen-bond donors (Lipinski definition) is 3. The molecule has 0 aliphatic heterocycles. The summed E-state index contributed by atoms with van der Waals surface area (Å²) in [6.45, 7) is 5.78. The minimum absolute atomic E-state index is 0.00672. The van der Waals surface area contributed by atoms with Gasteiger partial charge in [-0.1, -0.05) is 22.9 Å². The highest BCUT2D eigenvalue weighted by Gasteiger charge is 2.30. The van der Waals surface area contributed by atoms with Crippen LogP contribution >= 0.6 is 22.9 Å². The van der Waals surface area contributed by atoms with Crippen molar-refractivity contribution in [2.45, 2.75) is 39.2 Å². The zero-order valence-corrected chi connectivity index (χ0v) is 21.3. The number of benzene rings is 1. The van der Waals surface area contributed by atoms with E-state index in [4.69, 9.17) is 11.6 Å². The van der Waals surface area contributed by atoms with Crippen molar-refractivity contribution in [1.29, 1.82) is 0 Å². The standard InChI is InChI=1S/C23H25ClN8O2S/c1-23(2,3)28-22(34)31(4)13-7-8-14(15(24)9-13)16-10-25-11-32(16)19-17-18(29-30-19)26-21(35-17)27-20(33)12-5-6-12/h7-12H,5-6H2,1-4H3,(H,28,34)(H2,26,27,29,30,33). The fraction of sp³-hybridized carbons (Fsp3) is 0.348. The lowest BCUT2D eigenvalue weighted by Crippen LogP contribution is -2.47. The van der Waals surface area contributed by atoms with E-state index in [1.165, 1.54) is 16.2 Å². The number of aromatic nitrogens is 5. The van der Waals surface area contributed by atoms with E-state index in [9.17, 15) is 9.59 Å². The Morgan fingerprint density at radius 1 is 1.29 bits per heavy atom. The second-order valence-electron chi connectivity index (χ2n) is 9.56. The number of fused-ring (bicyclic) bond motifs is 1. The number of thiazole rings is 1. The van der Waals surface area contributed by atoms with Gasteiger partial charge in [0.1, 0.15) is 11.0 Å². The van der Waals surface area contributed by atoms with Crippen LogP contribution in [0.25, 0.3) is 27.4 Å². The number of carbonyl (C=O) groups is 2. The molecule has 0 unspecified atom stereocenters. The smallest absolute Gasteiger partial charge is 0.322 e. The van der Waals surface area contributed by atoms with E-state index in [0.29, 0.717) is 27.3 Å². The SMILES string of the molecule is CN(C(=O)NC(C)(C)C)c1ccc(-c2cncn2-c2n[nH]c3nc(NC(=O)C4CC4)sc23)c(Cl)c1. The maximum atomic E-state index is 12.5. The zero-order chi connectivity index (χ0) is 24.9. The molecule has 12 heteroatoms. The van der Waals surface area contributed by atoms with Crippen molar-refractivity contribution in [1.82, 2.24) is 30.0 Å². The predicted octanol–water partition coefficient (Wildman–Crippen LogP) is 4.82. The van der Waals surface area contributed by atoms with Crippen LogP contribution in [0.1, 0.15) is 33.6 Å². The molecule has 3 N–H and O–H groups in total. The van der Waals surface area contributed by atoms with Crippen LogP contribution in [0.3, 0.4) is 0 Å². The normalized spacial score (nSPS) is 13.7. The summed E-state index contributed by atoms with van der Waals surface area (Å²) in [5, 5.41) is 14.2. The van der Waals surface area contributed by atoms with Crippen molar-refractivity contribution < 1.29 is 9.59 Å².